The Morgan fingerprint density at radius 2 is 1.67 bits per heavy atom. The summed E-state index contributed by atoms with van der Waals surface area (Å²) < 4.78 is 0. The summed E-state index contributed by atoms with van der Waals surface area (Å²) in [5.41, 5.74) is 1.76. The Hall–Kier alpha value is -2.13. The van der Waals surface area contributed by atoms with Gasteiger partial charge in [0.05, 0.1) is 12.6 Å². The maximum Gasteiger partial charge on any atom is 0.115 e. The summed E-state index contributed by atoms with van der Waals surface area (Å²) >= 11 is 0. The molecule has 18 heavy (non-hydrogen) atoms. The van der Waals surface area contributed by atoms with Gasteiger partial charge in [0.15, 0.2) is 0 Å². The number of hydrogen-bond donors (Lipinski definition) is 2. The number of phenols is 1. The van der Waals surface area contributed by atoms with Crippen LogP contribution in [0.1, 0.15) is 17.2 Å². The van der Waals surface area contributed by atoms with Gasteiger partial charge in [-0.15, -0.1) is 0 Å². The zero-order valence-electron chi connectivity index (χ0n) is 9.90. The summed E-state index contributed by atoms with van der Waals surface area (Å²) in [7, 11) is 0. The van der Waals surface area contributed by atoms with Gasteiger partial charge in [-0.3, -0.25) is 4.99 Å². The van der Waals surface area contributed by atoms with Crippen molar-refractivity contribution in [3.63, 3.8) is 0 Å². The van der Waals surface area contributed by atoms with E-state index in [-0.39, 0.29) is 5.75 Å². The molecule has 2 rings (SSSR count). The molecule has 0 fully saturated rings. The first-order valence-corrected chi connectivity index (χ1v) is 5.77. The van der Waals surface area contributed by atoms with Crippen LogP contribution in [0.25, 0.3) is 0 Å². The van der Waals surface area contributed by atoms with Crippen LogP contribution in [-0.4, -0.2) is 23.0 Å². The molecule has 0 radical (unpaired) electrons. The van der Waals surface area contributed by atoms with Crippen LogP contribution in [0, 0.1) is 0 Å². The van der Waals surface area contributed by atoms with Gasteiger partial charge >= 0.3 is 0 Å². The van der Waals surface area contributed by atoms with Gasteiger partial charge in [0.1, 0.15) is 5.75 Å². The zero-order chi connectivity index (χ0) is 12.8. The van der Waals surface area contributed by atoms with Crippen molar-refractivity contribution in [2.24, 2.45) is 4.99 Å². The van der Waals surface area contributed by atoms with Gasteiger partial charge in [0.2, 0.25) is 0 Å². The third kappa shape index (κ3) is 3.43. The number of rotatable bonds is 4. The Balaban J connectivity index is 1.93. The number of benzene rings is 2. The van der Waals surface area contributed by atoms with Gasteiger partial charge in [-0.1, -0.05) is 30.3 Å². The van der Waals surface area contributed by atoms with Crippen LogP contribution in [-0.2, 0) is 0 Å². The largest absolute Gasteiger partial charge is 0.508 e. The van der Waals surface area contributed by atoms with Crippen LogP contribution >= 0.6 is 0 Å². The number of phenolic OH excluding ortho intramolecular Hbond substituents is 1. The molecule has 3 nitrogen and oxygen atoms in total. The Bertz CT molecular complexity index is 506. The first kappa shape index (κ1) is 12.3. The van der Waals surface area contributed by atoms with E-state index in [1.54, 1.807) is 30.5 Å². The fourth-order valence-corrected chi connectivity index (χ4v) is 1.60. The van der Waals surface area contributed by atoms with Gasteiger partial charge in [-0.05, 0) is 35.4 Å². The molecule has 0 amide bonds. The molecule has 0 spiro atoms. The van der Waals surface area contributed by atoms with E-state index >= 15 is 0 Å². The second kappa shape index (κ2) is 5.98. The Morgan fingerprint density at radius 1 is 1.00 bits per heavy atom. The molecule has 2 N–H and O–H groups in total. The van der Waals surface area contributed by atoms with Gasteiger partial charge in [-0.2, -0.15) is 0 Å². The highest BCUT2D eigenvalue weighted by atomic mass is 16.3. The summed E-state index contributed by atoms with van der Waals surface area (Å²) in [5, 5.41) is 19.0. The van der Waals surface area contributed by atoms with Crippen molar-refractivity contribution in [1.82, 2.24) is 0 Å². The second-order valence-corrected chi connectivity index (χ2v) is 4.01. The summed E-state index contributed by atoms with van der Waals surface area (Å²) in [6.07, 6.45) is 1.10. The molecule has 1 atom stereocenters. The zero-order valence-corrected chi connectivity index (χ0v) is 9.90. The van der Waals surface area contributed by atoms with Crippen LogP contribution in [0.5, 0.6) is 5.75 Å². The van der Waals surface area contributed by atoms with Gasteiger partial charge in [0, 0.05) is 6.21 Å². The highest BCUT2D eigenvalue weighted by Gasteiger charge is 2.04. The Labute approximate surface area is 106 Å². The first-order chi connectivity index (χ1) is 8.75. The molecular formula is C15H15NO2. The number of nitrogens with zero attached hydrogens (tertiary/aromatic N) is 1. The van der Waals surface area contributed by atoms with E-state index in [1.807, 2.05) is 30.3 Å². The maximum absolute atomic E-state index is 9.89. The van der Waals surface area contributed by atoms with E-state index in [9.17, 15) is 5.11 Å². The number of aromatic hydroxyl groups is 1. The minimum Gasteiger partial charge on any atom is -0.508 e. The van der Waals surface area contributed by atoms with E-state index < -0.39 is 6.10 Å². The third-order valence-electron chi connectivity index (χ3n) is 2.60. The molecule has 92 valence electrons. The average molecular weight is 241 g/mol. The quantitative estimate of drug-likeness (QED) is 0.808. The molecule has 0 aliphatic heterocycles. The van der Waals surface area contributed by atoms with Crippen LogP contribution in [0.2, 0.25) is 0 Å². The Morgan fingerprint density at radius 3 is 2.33 bits per heavy atom. The number of aliphatic hydroxyl groups is 1. The van der Waals surface area contributed by atoms with Crippen LogP contribution in [0.4, 0.5) is 0 Å². The molecule has 0 aliphatic carbocycles. The minimum atomic E-state index is -0.584. The van der Waals surface area contributed by atoms with Crippen molar-refractivity contribution >= 4 is 6.21 Å². The summed E-state index contributed by atoms with van der Waals surface area (Å²) in [6.45, 7) is 0.324. The topological polar surface area (TPSA) is 52.8 Å². The van der Waals surface area contributed by atoms with Crippen LogP contribution in [0.3, 0.4) is 0 Å². The molecule has 0 saturated carbocycles. The second-order valence-electron chi connectivity index (χ2n) is 4.01. The van der Waals surface area contributed by atoms with E-state index in [0.717, 1.165) is 11.1 Å². The van der Waals surface area contributed by atoms with Crippen molar-refractivity contribution < 1.29 is 10.2 Å². The van der Waals surface area contributed by atoms with E-state index in [1.165, 1.54) is 0 Å². The monoisotopic (exact) mass is 241 g/mol. The van der Waals surface area contributed by atoms with Crippen molar-refractivity contribution in [3.05, 3.63) is 65.7 Å². The Kier molecular flexibility index (Phi) is 4.10. The van der Waals surface area contributed by atoms with E-state index in [0.29, 0.717) is 6.54 Å². The SMILES string of the molecule is Oc1ccc(/C=N/CC(O)c2ccccc2)cc1. The molecule has 0 aliphatic rings. The fraction of sp³-hybridized carbons (Fsp3) is 0.133. The average Bonchev–Trinajstić information content (AvgIpc) is 2.42. The number of aliphatic hydroxyl groups excluding tert-OH is 1. The highest BCUT2D eigenvalue weighted by molar-refractivity contribution is 5.79. The summed E-state index contributed by atoms with van der Waals surface area (Å²) in [4.78, 5) is 4.19. The molecule has 0 saturated heterocycles. The summed E-state index contributed by atoms with van der Waals surface area (Å²) in [6, 6.07) is 16.2. The fourth-order valence-electron chi connectivity index (χ4n) is 1.60. The lowest BCUT2D eigenvalue weighted by atomic mass is 10.1. The van der Waals surface area contributed by atoms with Crippen LogP contribution < -0.4 is 0 Å². The van der Waals surface area contributed by atoms with Crippen molar-refractivity contribution in [2.45, 2.75) is 6.10 Å². The van der Waals surface area contributed by atoms with E-state index in [2.05, 4.69) is 4.99 Å². The van der Waals surface area contributed by atoms with E-state index in [4.69, 9.17) is 5.11 Å². The lowest BCUT2D eigenvalue weighted by molar-refractivity contribution is 0.187. The number of aliphatic imine (C=N–C) groups is 1. The molecule has 0 aromatic heterocycles. The summed E-state index contributed by atoms with van der Waals surface area (Å²) in [5.74, 6) is 0.233. The third-order valence-corrected chi connectivity index (χ3v) is 2.60. The molecule has 2 aromatic carbocycles. The highest BCUT2D eigenvalue weighted by Crippen LogP contribution is 2.12. The molecule has 3 heteroatoms. The molecule has 1 unspecified atom stereocenters. The van der Waals surface area contributed by atoms with Gasteiger partial charge in [-0.25, -0.2) is 0 Å². The standard InChI is InChI=1S/C15H15NO2/c17-14-8-6-12(7-9-14)10-16-11-15(18)13-4-2-1-3-5-13/h1-10,15,17-18H,11H2/b16-10+. The molecule has 2 aromatic rings. The normalized spacial score (nSPS) is 12.7. The van der Waals surface area contributed by atoms with Gasteiger partial charge in [0.25, 0.3) is 0 Å². The minimum absolute atomic E-state index is 0.233. The molecular weight excluding hydrogens is 226 g/mol. The van der Waals surface area contributed by atoms with Crippen molar-refractivity contribution in [3.8, 4) is 5.75 Å². The maximum atomic E-state index is 9.89. The molecule has 0 heterocycles. The predicted molar refractivity (Wildman–Crippen MR) is 72.0 cm³/mol. The lowest BCUT2D eigenvalue weighted by Gasteiger charge is -2.07. The molecule has 0 bridgehead atoms. The van der Waals surface area contributed by atoms with Crippen molar-refractivity contribution in [2.75, 3.05) is 6.54 Å². The number of hydrogen-bond acceptors (Lipinski definition) is 3. The lowest BCUT2D eigenvalue weighted by Crippen LogP contribution is -2.01. The first-order valence-electron chi connectivity index (χ1n) is 5.77. The van der Waals surface area contributed by atoms with Crippen LogP contribution in [0.15, 0.2) is 59.6 Å². The van der Waals surface area contributed by atoms with Gasteiger partial charge < -0.3 is 10.2 Å². The predicted octanol–water partition coefficient (Wildman–Crippen LogP) is 2.54. The smallest absolute Gasteiger partial charge is 0.115 e. The van der Waals surface area contributed by atoms with Crippen molar-refractivity contribution in [1.29, 1.82) is 0 Å².